The number of aliphatic hydroxyl groups is 1. The molecule has 3 N–H and O–H groups in total. The monoisotopic (exact) mass is 186 g/mol. The van der Waals surface area contributed by atoms with E-state index < -0.39 is 5.60 Å². The van der Waals surface area contributed by atoms with Gasteiger partial charge in [-0.15, -0.1) is 0 Å². The smallest absolute Gasteiger partial charge is 0.0644 e. The minimum atomic E-state index is -0.428. The third-order valence-corrected chi connectivity index (χ3v) is 2.91. The molecular weight excluding hydrogens is 164 g/mol. The summed E-state index contributed by atoms with van der Waals surface area (Å²) in [6.45, 7) is 7.96. The van der Waals surface area contributed by atoms with Crippen LogP contribution in [-0.4, -0.2) is 41.8 Å². The van der Waals surface area contributed by atoms with Crippen molar-refractivity contribution in [3.63, 3.8) is 0 Å². The van der Waals surface area contributed by atoms with Crippen LogP contribution in [0.25, 0.3) is 0 Å². The zero-order valence-corrected chi connectivity index (χ0v) is 8.79. The van der Waals surface area contributed by atoms with E-state index >= 15 is 0 Å². The van der Waals surface area contributed by atoms with E-state index in [1.165, 1.54) is 0 Å². The number of piperidine rings is 1. The van der Waals surface area contributed by atoms with Crippen LogP contribution < -0.4 is 5.73 Å². The number of nitrogens with zero attached hydrogens (tertiary/aromatic N) is 1. The molecule has 0 aromatic carbocycles. The van der Waals surface area contributed by atoms with E-state index in [1.54, 1.807) is 0 Å². The first kappa shape index (κ1) is 11.0. The molecule has 3 heteroatoms. The van der Waals surface area contributed by atoms with Crippen molar-refractivity contribution < 1.29 is 5.11 Å². The van der Waals surface area contributed by atoms with E-state index in [2.05, 4.69) is 11.8 Å². The summed E-state index contributed by atoms with van der Waals surface area (Å²) >= 11 is 0. The second-order valence-electron chi connectivity index (χ2n) is 4.64. The third-order valence-electron chi connectivity index (χ3n) is 2.91. The van der Waals surface area contributed by atoms with E-state index in [9.17, 15) is 5.11 Å². The normalized spacial score (nSPS) is 25.8. The number of hydrogen-bond acceptors (Lipinski definition) is 3. The number of rotatable bonds is 3. The van der Waals surface area contributed by atoms with Gasteiger partial charge < -0.3 is 15.7 Å². The Kier molecular flexibility index (Phi) is 3.71. The average molecular weight is 186 g/mol. The molecule has 0 radical (unpaired) electrons. The van der Waals surface area contributed by atoms with Crippen molar-refractivity contribution in [1.82, 2.24) is 4.90 Å². The van der Waals surface area contributed by atoms with Crippen LogP contribution in [0.5, 0.6) is 0 Å². The molecule has 0 aliphatic carbocycles. The molecule has 1 aliphatic rings. The lowest BCUT2D eigenvalue weighted by atomic mass is 9.93. The fourth-order valence-corrected chi connectivity index (χ4v) is 1.73. The summed E-state index contributed by atoms with van der Waals surface area (Å²) in [4.78, 5) is 2.40. The summed E-state index contributed by atoms with van der Waals surface area (Å²) in [6, 6.07) is 0. The van der Waals surface area contributed by atoms with Crippen LogP contribution in [-0.2, 0) is 0 Å². The lowest BCUT2D eigenvalue weighted by Crippen LogP contribution is -2.44. The van der Waals surface area contributed by atoms with Crippen molar-refractivity contribution in [2.24, 2.45) is 11.7 Å². The number of hydrogen-bond donors (Lipinski definition) is 2. The van der Waals surface area contributed by atoms with Crippen LogP contribution in [0.15, 0.2) is 0 Å². The summed E-state index contributed by atoms with van der Waals surface area (Å²) in [5, 5.41) is 9.73. The predicted octanol–water partition coefficient (Wildman–Crippen LogP) is 0.428. The largest absolute Gasteiger partial charge is 0.390 e. The summed E-state index contributed by atoms with van der Waals surface area (Å²) in [5.41, 5.74) is 5.14. The van der Waals surface area contributed by atoms with Crippen LogP contribution >= 0.6 is 0 Å². The van der Waals surface area contributed by atoms with Crippen LogP contribution in [0.2, 0.25) is 0 Å². The van der Waals surface area contributed by atoms with E-state index in [1.807, 2.05) is 6.92 Å². The fourth-order valence-electron chi connectivity index (χ4n) is 1.73. The molecule has 0 bridgehead atoms. The zero-order valence-electron chi connectivity index (χ0n) is 8.79. The second-order valence-corrected chi connectivity index (χ2v) is 4.64. The van der Waals surface area contributed by atoms with E-state index in [-0.39, 0.29) is 0 Å². The zero-order chi connectivity index (χ0) is 9.90. The van der Waals surface area contributed by atoms with Gasteiger partial charge in [-0.25, -0.2) is 0 Å². The van der Waals surface area contributed by atoms with Crippen LogP contribution in [0.1, 0.15) is 26.7 Å². The highest BCUT2D eigenvalue weighted by molar-refractivity contribution is 4.82. The quantitative estimate of drug-likeness (QED) is 0.672. The Hall–Kier alpha value is -0.120. The van der Waals surface area contributed by atoms with Gasteiger partial charge in [-0.2, -0.15) is 0 Å². The van der Waals surface area contributed by atoms with Crippen molar-refractivity contribution >= 4 is 0 Å². The maximum Gasteiger partial charge on any atom is 0.0644 e. The maximum atomic E-state index is 9.73. The molecule has 1 fully saturated rings. The van der Waals surface area contributed by atoms with Gasteiger partial charge in [-0.05, 0) is 32.2 Å². The standard InChI is InChI=1S/C10H22N2O/c1-9(7-11)8-12-5-3-10(2,13)4-6-12/h9,13H,3-8,11H2,1-2H3. The summed E-state index contributed by atoms with van der Waals surface area (Å²) in [6.07, 6.45) is 1.79. The van der Waals surface area contributed by atoms with Gasteiger partial charge in [0.2, 0.25) is 0 Å². The highest BCUT2D eigenvalue weighted by atomic mass is 16.3. The van der Waals surface area contributed by atoms with E-state index in [4.69, 9.17) is 5.73 Å². The third kappa shape index (κ3) is 3.63. The van der Waals surface area contributed by atoms with Crippen molar-refractivity contribution in [1.29, 1.82) is 0 Å². The van der Waals surface area contributed by atoms with Crippen molar-refractivity contribution in [2.75, 3.05) is 26.2 Å². The highest BCUT2D eigenvalue weighted by Crippen LogP contribution is 2.21. The van der Waals surface area contributed by atoms with Gasteiger partial charge in [0.1, 0.15) is 0 Å². The van der Waals surface area contributed by atoms with Gasteiger partial charge in [0.25, 0.3) is 0 Å². The van der Waals surface area contributed by atoms with Gasteiger partial charge in [-0.3, -0.25) is 0 Å². The molecule has 1 saturated heterocycles. The lowest BCUT2D eigenvalue weighted by Gasteiger charge is -2.36. The lowest BCUT2D eigenvalue weighted by molar-refractivity contribution is -0.00793. The molecule has 78 valence electrons. The van der Waals surface area contributed by atoms with Crippen molar-refractivity contribution in [3.8, 4) is 0 Å². The van der Waals surface area contributed by atoms with Gasteiger partial charge in [-0.1, -0.05) is 6.92 Å². The molecule has 1 unspecified atom stereocenters. The molecule has 0 aromatic heterocycles. The predicted molar refractivity (Wildman–Crippen MR) is 54.5 cm³/mol. The molecule has 0 saturated carbocycles. The number of likely N-dealkylation sites (tertiary alicyclic amines) is 1. The Morgan fingerprint density at radius 3 is 2.46 bits per heavy atom. The molecule has 0 amide bonds. The first-order chi connectivity index (χ1) is 6.03. The molecular formula is C10H22N2O. The SMILES string of the molecule is CC(CN)CN1CCC(C)(O)CC1. The average Bonchev–Trinajstić information content (AvgIpc) is 2.08. The Labute approximate surface area is 80.9 Å². The van der Waals surface area contributed by atoms with Crippen LogP contribution in [0, 0.1) is 5.92 Å². The van der Waals surface area contributed by atoms with Crippen molar-refractivity contribution in [2.45, 2.75) is 32.3 Å². The summed E-state index contributed by atoms with van der Waals surface area (Å²) < 4.78 is 0. The van der Waals surface area contributed by atoms with Crippen LogP contribution in [0.3, 0.4) is 0 Å². The number of nitrogens with two attached hydrogens (primary N) is 1. The Bertz CT molecular complexity index is 149. The fraction of sp³-hybridized carbons (Fsp3) is 1.00. The van der Waals surface area contributed by atoms with Gasteiger partial charge in [0.05, 0.1) is 5.60 Å². The molecule has 1 rings (SSSR count). The minimum Gasteiger partial charge on any atom is -0.390 e. The molecule has 0 aromatic rings. The summed E-state index contributed by atoms with van der Waals surface area (Å²) in [5.74, 6) is 0.572. The van der Waals surface area contributed by atoms with Gasteiger partial charge in [0, 0.05) is 19.6 Å². The molecule has 0 spiro atoms. The van der Waals surface area contributed by atoms with Crippen LogP contribution in [0.4, 0.5) is 0 Å². The summed E-state index contributed by atoms with van der Waals surface area (Å²) in [7, 11) is 0. The highest BCUT2D eigenvalue weighted by Gasteiger charge is 2.27. The minimum absolute atomic E-state index is 0.428. The van der Waals surface area contributed by atoms with Gasteiger partial charge in [0.15, 0.2) is 0 Å². The van der Waals surface area contributed by atoms with E-state index in [0.29, 0.717) is 5.92 Å². The molecule has 13 heavy (non-hydrogen) atoms. The first-order valence-corrected chi connectivity index (χ1v) is 5.18. The molecule has 1 atom stereocenters. The van der Waals surface area contributed by atoms with Gasteiger partial charge >= 0.3 is 0 Å². The van der Waals surface area contributed by atoms with E-state index in [0.717, 1.165) is 39.0 Å². The maximum absolute atomic E-state index is 9.73. The molecule has 1 heterocycles. The molecule has 1 aliphatic heterocycles. The topological polar surface area (TPSA) is 49.5 Å². The Morgan fingerprint density at radius 1 is 1.46 bits per heavy atom. The Balaban J connectivity index is 2.25. The first-order valence-electron chi connectivity index (χ1n) is 5.18. The van der Waals surface area contributed by atoms with Crippen molar-refractivity contribution in [3.05, 3.63) is 0 Å². The second kappa shape index (κ2) is 4.40. The molecule has 3 nitrogen and oxygen atoms in total. The Morgan fingerprint density at radius 2 is 2.00 bits per heavy atom.